The topological polar surface area (TPSA) is 50.4 Å². The molecule has 4 heteroatoms. The number of nitrogens with zero attached hydrogens (tertiary/aromatic N) is 3. The third-order valence-corrected chi connectivity index (χ3v) is 3.09. The third kappa shape index (κ3) is 1.46. The summed E-state index contributed by atoms with van der Waals surface area (Å²) in [5, 5.41) is 13.7. The zero-order valence-electron chi connectivity index (χ0n) is 8.43. The minimum absolute atomic E-state index is 0.156. The second kappa shape index (κ2) is 3.22. The number of rotatable bonds is 1. The van der Waals surface area contributed by atoms with E-state index in [0.29, 0.717) is 5.92 Å². The van der Waals surface area contributed by atoms with E-state index in [1.54, 1.807) is 10.7 Å². The molecule has 1 aliphatic carbocycles. The van der Waals surface area contributed by atoms with Crippen LogP contribution in [0.15, 0.2) is 18.5 Å². The Morgan fingerprint density at radius 1 is 1.33 bits per heavy atom. The van der Waals surface area contributed by atoms with Crippen LogP contribution < -0.4 is 0 Å². The monoisotopic (exact) mass is 203 g/mol. The molecule has 0 amide bonds. The first kappa shape index (κ1) is 8.71. The largest absolute Gasteiger partial charge is 0.505 e. The van der Waals surface area contributed by atoms with Crippen molar-refractivity contribution in [3.63, 3.8) is 0 Å². The molecule has 0 atom stereocenters. The fourth-order valence-electron chi connectivity index (χ4n) is 2.31. The lowest BCUT2D eigenvalue weighted by atomic mass is 10.1. The van der Waals surface area contributed by atoms with E-state index in [4.69, 9.17) is 0 Å². The first-order valence-corrected chi connectivity index (χ1v) is 5.37. The Morgan fingerprint density at radius 3 is 2.93 bits per heavy atom. The Morgan fingerprint density at radius 2 is 2.13 bits per heavy atom. The summed E-state index contributed by atoms with van der Waals surface area (Å²) in [6.45, 7) is 0. The van der Waals surface area contributed by atoms with Gasteiger partial charge in [0.05, 0.1) is 18.1 Å². The van der Waals surface area contributed by atoms with Gasteiger partial charge in [-0.15, -0.1) is 0 Å². The van der Waals surface area contributed by atoms with E-state index in [1.165, 1.54) is 31.9 Å². The van der Waals surface area contributed by atoms with Gasteiger partial charge < -0.3 is 5.11 Å². The molecule has 15 heavy (non-hydrogen) atoms. The fraction of sp³-hybridized carbons (Fsp3) is 0.455. The number of hydrogen-bond donors (Lipinski definition) is 1. The third-order valence-electron chi connectivity index (χ3n) is 3.09. The van der Waals surface area contributed by atoms with E-state index in [2.05, 4.69) is 10.1 Å². The highest BCUT2D eigenvalue weighted by molar-refractivity contribution is 5.41. The summed E-state index contributed by atoms with van der Waals surface area (Å²) in [7, 11) is 0. The van der Waals surface area contributed by atoms with E-state index in [9.17, 15) is 5.11 Å². The zero-order valence-corrected chi connectivity index (χ0v) is 8.43. The molecule has 3 rings (SSSR count). The van der Waals surface area contributed by atoms with Gasteiger partial charge in [-0.1, -0.05) is 12.8 Å². The Labute approximate surface area is 87.6 Å². The molecule has 2 aromatic rings. The first-order chi connectivity index (χ1) is 7.33. The lowest BCUT2D eigenvalue weighted by Crippen LogP contribution is -1.94. The van der Waals surface area contributed by atoms with Gasteiger partial charge in [0.1, 0.15) is 0 Å². The van der Waals surface area contributed by atoms with E-state index in [1.807, 2.05) is 6.07 Å². The van der Waals surface area contributed by atoms with E-state index in [0.717, 1.165) is 11.3 Å². The first-order valence-electron chi connectivity index (χ1n) is 5.37. The van der Waals surface area contributed by atoms with Gasteiger partial charge in [0.25, 0.3) is 0 Å². The Balaban J connectivity index is 2.05. The quantitative estimate of drug-likeness (QED) is 0.772. The number of fused-ring (bicyclic) bond motifs is 1. The van der Waals surface area contributed by atoms with Gasteiger partial charge in [0.15, 0.2) is 11.4 Å². The highest BCUT2D eigenvalue weighted by Gasteiger charge is 2.20. The second-order valence-electron chi connectivity index (χ2n) is 4.17. The molecule has 1 aliphatic rings. The molecular formula is C11H13N3O. The zero-order chi connectivity index (χ0) is 10.3. The lowest BCUT2D eigenvalue weighted by Gasteiger charge is -2.01. The van der Waals surface area contributed by atoms with Gasteiger partial charge in [-0.25, -0.2) is 9.50 Å². The van der Waals surface area contributed by atoms with Crippen molar-refractivity contribution in [1.29, 1.82) is 0 Å². The molecule has 1 saturated carbocycles. The number of aromatic hydroxyl groups is 1. The molecule has 0 spiro atoms. The van der Waals surface area contributed by atoms with Crippen molar-refractivity contribution in [3.05, 3.63) is 24.2 Å². The number of aromatic nitrogens is 3. The molecule has 2 heterocycles. The van der Waals surface area contributed by atoms with Crippen LogP contribution in [0.25, 0.3) is 5.65 Å². The van der Waals surface area contributed by atoms with Crippen molar-refractivity contribution >= 4 is 5.65 Å². The van der Waals surface area contributed by atoms with Gasteiger partial charge in [-0.2, -0.15) is 5.10 Å². The molecule has 0 aliphatic heterocycles. The molecule has 2 aromatic heterocycles. The van der Waals surface area contributed by atoms with Crippen LogP contribution in [0, 0.1) is 0 Å². The minimum Gasteiger partial charge on any atom is -0.505 e. The summed E-state index contributed by atoms with van der Waals surface area (Å²) in [5.74, 6) is 0.748. The van der Waals surface area contributed by atoms with Crippen LogP contribution in [-0.2, 0) is 0 Å². The van der Waals surface area contributed by atoms with Crippen LogP contribution in [0.5, 0.6) is 5.75 Å². The van der Waals surface area contributed by atoms with Crippen LogP contribution in [0.1, 0.15) is 37.3 Å². The van der Waals surface area contributed by atoms with Gasteiger partial charge in [-0.3, -0.25) is 0 Å². The van der Waals surface area contributed by atoms with Crippen LogP contribution >= 0.6 is 0 Å². The summed E-state index contributed by atoms with van der Waals surface area (Å²) >= 11 is 0. The van der Waals surface area contributed by atoms with Crippen molar-refractivity contribution in [3.8, 4) is 5.75 Å². The summed E-state index contributed by atoms with van der Waals surface area (Å²) in [5.41, 5.74) is 1.93. The molecule has 0 saturated heterocycles. The van der Waals surface area contributed by atoms with Crippen LogP contribution in [0.2, 0.25) is 0 Å². The maximum Gasteiger partial charge on any atom is 0.155 e. The predicted octanol–water partition coefficient (Wildman–Crippen LogP) is 2.09. The predicted molar refractivity (Wildman–Crippen MR) is 55.9 cm³/mol. The molecule has 4 nitrogen and oxygen atoms in total. The molecule has 78 valence electrons. The smallest absolute Gasteiger partial charge is 0.155 e. The maximum absolute atomic E-state index is 9.28. The van der Waals surface area contributed by atoms with E-state index in [-0.39, 0.29) is 5.75 Å². The van der Waals surface area contributed by atoms with Gasteiger partial charge in [0.2, 0.25) is 0 Å². The summed E-state index contributed by atoms with van der Waals surface area (Å²) in [4.78, 5) is 4.12. The van der Waals surface area contributed by atoms with Crippen molar-refractivity contribution in [2.24, 2.45) is 0 Å². The van der Waals surface area contributed by atoms with Gasteiger partial charge in [0, 0.05) is 12.0 Å². The molecule has 1 N–H and O–H groups in total. The highest BCUT2D eigenvalue weighted by atomic mass is 16.3. The molecule has 1 fully saturated rings. The average Bonchev–Trinajstić information content (AvgIpc) is 2.84. The summed E-state index contributed by atoms with van der Waals surface area (Å²) in [6.07, 6.45) is 8.12. The molecule has 0 radical (unpaired) electrons. The molecule has 0 unspecified atom stereocenters. The van der Waals surface area contributed by atoms with Crippen LogP contribution in [-0.4, -0.2) is 19.7 Å². The highest BCUT2D eigenvalue weighted by Crippen LogP contribution is 2.33. The Kier molecular flexibility index (Phi) is 1.87. The normalized spacial score (nSPS) is 17.6. The standard InChI is InChI=1S/C11H13N3O/c15-9-6-12-11-5-10(13-14(11)7-9)8-3-1-2-4-8/h5-8,15H,1-4H2. The molecule has 0 aromatic carbocycles. The maximum atomic E-state index is 9.28. The lowest BCUT2D eigenvalue weighted by molar-refractivity contribution is 0.467. The number of hydrogen-bond acceptors (Lipinski definition) is 3. The summed E-state index contributed by atoms with van der Waals surface area (Å²) in [6, 6.07) is 2.02. The van der Waals surface area contributed by atoms with Crippen molar-refractivity contribution in [1.82, 2.24) is 14.6 Å². The van der Waals surface area contributed by atoms with Crippen molar-refractivity contribution < 1.29 is 5.11 Å². The Hall–Kier alpha value is -1.58. The SMILES string of the molecule is Oc1cnc2cc(C3CCCC3)nn2c1. The van der Waals surface area contributed by atoms with E-state index >= 15 is 0 Å². The Bertz CT molecular complexity index is 486. The van der Waals surface area contributed by atoms with E-state index < -0.39 is 0 Å². The van der Waals surface area contributed by atoms with Crippen molar-refractivity contribution in [2.75, 3.05) is 0 Å². The van der Waals surface area contributed by atoms with Gasteiger partial charge >= 0.3 is 0 Å². The van der Waals surface area contributed by atoms with Crippen LogP contribution in [0.3, 0.4) is 0 Å². The molecular weight excluding hydrogens is 190 g/mol. The van der Waals surface area contributed by atoms with Crippen LogP contribution in [0.4, 0.5) is 0 Å². The summed E-state index contributed by atoms with van der Waals surface area (Å²) < 4.78 is 1.66. The minimum atomic E-state index is 0.156. The molecule has 0 bridgehead atoms. The van der Waals surface area contributed by atoms with Crippen molar-refractivity contribution in [2.45, 2.75) is 31.6 Å². The average molecular weight is 203 g/mol. The fourth-order valence-corrected chi connectivity index (χ4v) is 2.31. The second-order valence-corrected chi connectivity index (χ2v) is 4.17. The van der Waals surface area contributed by atoms with Gasteiger partial charge in [-0.05, 0) is 12.8 Å².